The normalized spacial score (nSPS) is 13.5. The van der Waals surface area contributed by atoms with Gasteiger partial charge in [0.05, 0.1) is 13.2 Å². The van der Waals surface area contributed by atoms with E-state index in [2.05, 4.69) is 5.32 Å². The number of halogens is 6. The van der Waals surface area contributed by atoms with E-state index in [0.29, 0.717) is 13.2 Å². The summed E-state index contributed by atoms with van der Waals surface area (Å²) in [5.74, 6) is 1.56. The van der Waals surface area contributed by atoms with Crippen molar-refractivity contribution in [3.63, 3.8) is 0 Å². The summed E-state index contributed by atoms with van der Waals surface area (Å²) in [5, 5.41) is 19.7. The van der Waals surface area contributed by atoms with Crippen molar-refractivity contribution in [2.45, 2.75) is 13.1 Å². The smallest absolute Gasteiger partial charge is 0.119 e. The van der Waals surface area contributed by atoms with E-state index in [-0.39, 0.29) is 13.2 Å². The zero-order valence-corrected chi connectivity index (χ0v) is 16.8. The van der Waals surface area contributed by atoms with Crippen LogP contribution >= 0.6 is 7.81 Å². The molecule has 0 unspecified atom stereocenters. The Hall–Kier alpha value is -2.07. The van der Waals surface area contributed by atoms with Crippen molar-refractivity contribution in [1.82, 2.24) is 0 Å². The number of quaternary nitrogens is 1. The van der Waals surface area contributed by atoms with E-state index in [9.17, 15) is 25.2 Å². The first-order chi connectivity index (χ1) is 13.8. The second-order valence-electron chi connectivity index (χ2n) is 6.09. The van der Waals surface area contributed by atoms with Gasteiger partial charge in [0.15, 0.2) is 0 Å². The zero-order valence-electron chi connectivity index (χ0n) is 15.9. The van der Waals surface area contributed by atoms with Gasteiger partial charge >= 0.3 is 33.0 Å². The van der Waals surface area contributed by atoms with Crippen LogP contribution in [-0.2, 0) is 13.1 Å². The fraction of sp³-hybridized carbons (Fsp3) is 0.333. The number of hydrogen-bond acceptors (Lipinski definition) is 4. The van der Waals surface area contributed by atoms with Crippen LogP contribution in [0.2, 0.25) is 0 Å². The first-order valence-corrected chi connectivity index (χ1v) is 10.8. The minimum atomic E-state index is -10.7. The molecule has 30 heavy (non-hydrogen) atoms. The first-order valence-electron chi connectivity index (χ1n) is 8.80. The third kappa shape index (κ3) is 15.8. The van der Waals surface area contributed by atoms with E-state index in [1.807, 2.05) is 48.5 Å². The molecule has 5 nitrogen and oxygen atoms in total. The van der Waals surface area contributed by atoms with Gasteiger partial charge in [-0.05, 0) is 48.5 Å². The molecule has 0 fully saturated rings. The number of ether oxygens (including phenoxy) is 2. The molecule has 0 spiro atoms. The monoisotopic (exact) mass is 463 g/mol. The Balaban J connectivity index is 0.000000553. The van der Waals surface area contributed by atoms with Crippen LogP contribution in [0.25, 0.3) is 0 Å². The van der Waals surface area contributed by atoms with Crippen LogP contribution in [0.5, 0.6) is 11.5 Å². The number of nitrogens with two attached hydrogens (primary N) is 1. The van der Waals surface area contributed by atoms with E-state index in [4.69, 9.17) is 19.7 Å². The van der Waals surface area contributed by atoms with Gasteiger partial charge in [-0.3, -0.25) is 0 Å². The van der Waals surface area contributed by atoms with Gasteiger partial charge in [-0.1, -0.05) is 0 Å². The summed E-state index contributed by atoms with van der Waals surface area (Å²) in [6.45, 7) is 2.48. The number of benzene rings is 2. The van der Waals surface area contributed by atoms with E-state index in [0.717, 1.165) is 24.6 Å². The predicted octanol–water partition coefficient (Wildman–Crippen LogP) is 4.07. The summed E-state index contributed by atoms with van der Waals surface area (Å²) in [7, 11) is -10.7. The predicted molar refractivity (Wildman–Crippen MR) is 101 cm³/mol. The summed E-state index contributed by atoms with van der Waals surface area (Å²) in [5.41, 5.74) is 2.45. The summed E-state index contributed by atoms with van der Waals surface area (Å²) in [4.78, 5) is 0. The van der Waals surface area contributed by atoms with Gasteiger partial charge in [-0.25, -0.2) is 0 Å². The van der Waals surface area contributed by atoms with Crippen molar-refractivity contribution in [1.29, 1.82) is 0 Å². The average molecular weight is 463 g/mol. The van der Waals surface area contributed by atoms with Gasteiger partial charge in [0.1, 0.15) is 37.8 Å². The van der Waals surface area contributed by atoms with Crippen molar-refractivity contribution >= 4 is 7.81 Å². The van der Waals surface area contributed by atoms with E-state index >= 15 is 0 Å². The largest absolute Gasteiger partial charge is 0.491 e. The molecular formula is C18H24F6NO4P. The number of rotatable bonds is 10. The fourth-order valence-corrected chi connectivity index (χ4v) is 2.18. The molecule has 0 radical (unpaired) electrons. The van der Waals surface area contributed by atoms with E-state index in [1.165, 1.54) is 11.1 Å². The molecule has 12 heteroatoms. The van der Waals surface area contributed by atoms with Crippen LogP contribution < -0.4 is 14.8 Å². The van der Waals surface area contributed by atoms with Crippen molar-refractivity contribution in [2.75, 3.05) is 26.4 Å². The molecule has 0 saturated carbocycles. The maximum Gasteiger partial charge on any atom is 0.119 e. The Morgan fingerprint density at radius 3 is 1.20 bits per heavy atom. The van der Waals surface area contributed by atoms with Gasteiger partial charge in [-0.2, -0.15) is 0 Å². The van der Waals surface area contributed by atoms with Crippen molar-refractivity contribution in [2.24, 2.45) is 0 Å². The second-order valence-corrected chi connectivity index (χ2v) is 8.00. The summed E-state index contributed by atoms with van der Waals surface area (Å²) in [6.07, 6.45) is 0. The van der Waals surface area contributed by atoms with Crippen molar-refractivity contribution < 1.29 is 50.2 Å². The van der Waals surface area contributed by atoms with Crippen LogP contribution in [0.3, 0.4) is 0 Å². The molecule has 2 aromatic carbocycles. The third-order valence-corrected chi connectivity index (χ3v) is 3.33. The van der Waals surface area contributed by atoms with Crippen LogP contribution in [0.15, 0.2) is 48.5 Å². The number of aliphatic hydroxyl groups is 2. The molecule has 4 N–H and O–H groups in total. The van der Waals surface area contributed by atoms with Crippen LogP contribution in [0.4, 0.5) is 25.2 Å². The molecule has 0 amide bonds. The quantitative estimate of drug-likeness (QED) is 0.367. The number of aliphatic hydroxyl groups excluding tert-OH is 2. The van der Waals surface area contributed by atoms with Crippen molar-refractivity contribution in [3.8, 4) is 11.5 Å². The molecular weight excluding hydrogens is 439 g/mol. The maximum absolute atomic E-state index is 10.7. The van der Waals surface area contributed by atoms with Gasteiger partial charge in [0, 0.05) is 11.1 Å². The molecule has 172 valence electrons. The third-order valence-electron chi connectivity index (χ3n) is 3.33. The molecule has 0 atom stereocenters. The van der Waals surface area contributed by atoms with E-state index in [1.54, 1.807) is 0 Å². The Kier molecular flexibility index (Phi) is 8.91. The van der Waals surface area contributed by atoms with Crippen LogP contribution in [0, 0.1) is 0 Å². The minimum absolute atomic E-state index is 0.0271. The second kappa shape index (κ2) is 10.3. The zero-order chi connectivity index (χ0) is 22.7. The van der Waals surface area contributed by atoms with E-state index < -0.39 is 7.81 Å². The first kappa shape index (κ1) is 26.0. The van der Waals surface area contributed by atoms with Crippen LogP contribution in [-0.4, -0.2) is 36.6 Å². The molecule has 0 bridgehead atoms. The maximum atomic E-state index is 9.87. The molecule has 0 aliphatic heterocycles. The number of hydrogen-bond donors (Lipinski definition) is 3. The summed E-state index contributed by atoms with van der Waals surface area (Å²) in [6, 6.07) is 15.8. The topological polar surface area (TPSA) is 75.5 Å². The van der Waals surface area contributed by atoms with Gasteiger partial charge in [0.2, 0.25) is 0 Å². The molecule has 0 saturated heterocycles. The molecule has 0 heterocycles. The fourth-order valence-electron chi connectivity index (χ4n) is 2.18. The summed E-state index contributed by atoms with van der Waals surface area (Å²) < 4.78 is 69.9. The van der Waals surface area contributed by atoms with Gasteiger partial charge < -0.3 is 25.0 Å². The molecule has 0 aromatic heterocycles. The Morgan fingerprint density at radius 2 is 0.933 bits per heavy atom. The molecule has 0 aliphatic rings. The average Bonchev–Trinajstić information content (AvgIpc) is 2.64. The standard InChI is InChI=1S/C18H23NO4.F6P/c20-9-11-22-17-5-1-15(2-6-17)13-19-14-16-3-7-18(8-4-16)23-12-10-21;1-7(2,3,4,5)6/h1-8,19-21H,9-14H2;/q;-1/p+1. The summed E-state index contributed by atoms with van der Waals surface area (Å²) >= 11 is 0. The molecule has 0 aliphatic carbocycles. The molecule has 2 aromatic rings. The molecule has 2 rings (SSSR count). The minimum Gasteiger partial charge on any atom is -0.491 e. The van der Waals surface area contributed by atoms with Crippen molar-refractivity contribution in [3.05, 3.63) is 59.7 Å². The Bertz CT molecular complexity index is 692. The van der Waals surface area contributed by atoms with Gasteiger partial charge in [-0.15, -0.1) is 0 Å². The SMILES string of the molecule is F[P-](F)(F)(F)(F)F.OCCOc1ccc(C[NH2+]Cc2ccc(OCCO)cc2)cc1. The van der Waals surface area contributed by atoms with Crippen LogP contribution in [0.1, 0.15) is 11.1 Å². The van der Waals surface area contributed by atoms with Gasteiger partial charge in [0.25, 0.3) is 0 Å². The Labute approximate surface area is 169 Å². The Morgan fingerprint density at radius 1 is 0.633 bits per heavy atom.